The van der Waals surface area contributed by atoms with Crippen molar-refractivity contribution < 1.29 is 12.8 Å². The molecule has 1 saturated heterocycles. The zero-order valence-corrected chi connectivity index (χ0v) is 11.2. The van der Waals surface area contributed by atoms with Crippen LogP contribution in [0.25, 0.3) is 0 Å². The third-order valence-electron chi connectivity index (χ3n) is 2.74. The molecule has 1 aliphatic heterocycles. The predicted octanol–water partition coefficient (Wildman–Crippen LogP) is 1.03. The number of aromatic nitrogens is 1. The summed E-state index contributed by atoms with van der Waals surface area (Å²) in [7, 11) is -2.95. The van der Waals surface area contributed by atoms with E-state index in [2.05, 4.69) is 10.3 Å². The first-order valence-electron chi connectivity index (χ1n) is 5.68. The first-order chi connectivity index (χ1) is 7.78. The molecule has 0 aliphatic carbocycles. The minimum Gasteiger partial charge on any atom is -0.448 e. The molecule has 1 unspecified atom stereocenters. The molecule has 1 atom stereocenters. The second-order valence-corrected chi connectivity index (χ2v) is 7.68. The third-order valence-corrected chi connectivity index (χ3v) is 4.41. The molecule has 96 valence electrons. The van der Waals surface area contributed by atoms with Gasteiger partial charge in [-0.1, -0.05) is 20.8 Å². The van der Waals surface area contributed by atoms with Crippen molar-refractivity contribution in [1.29, 1.82) is 0 Å². The second-order valence-electron chi connectivity index (χ2n) is 5.45. The first kappa shape index (κ1) is 12.6. The molecule has 2 heterocycles. The Labute approximate surface area is 102 Å². The number of rotatable bonds is 1. The fraction of sp³-hybridized carbons (Fsp3) is 0.727. The van der Waals surface area contributed by atoms with Crippen molar-refractivity contribution >= 4 is 9.84 Å². The molecule has 0 spiro atoms. The van der Waals surface area contributed by atoms with E-state index < -0.39 is 9.84 Å². The molecule has 5 nitrogen and oxygen atoms in total. The van der Waals surface area contributed by atoms with Gasteiger partial charge >= 0.3 is 0 Å². The Hall–Kier alpha value is -0.880. The summed E-state index contributed by atoms with van der Waals surface area (Å²) in [4.78, 5) is 4.38. The summed E-state index contributed by atoms with van der Waals surface area (Å²) in [6, 6.07) is -0.242. The van der Waals surface area contributed by atoms with Crippen LogP contribution in [0.1, 0.15) is 38.4 Å². The van der Waals surface area contributed by atoms with Crippen LogP contribution in [0.4, 0.5) is 0 Å². The van der Waals surface area contributed by atoms with Crippen molar-refractivity contribution in [2.45, 2.75) is 32.2 Å². The molecule has 1 aromatic heterocycles. The number of sulfone groups is 1. The SMILES string of the molecule is CC(C)(C)c1nc(C2CS(=O)(=O)CCN2)co1. The van der Waals surface area contributed by atoms with Crippen LogP contribution in [0.15, 0.2) is 10.7 Å². The Kier molecular flexibility index (Phi) is 3.03. The molecule has 0 bridgehead atoms. The van der Waals surface area contributed by atoms with Crippen LogP contribution in [0.2, 0.25) is 0 Å². The normalized spacial score (nSPS) is 24.8. The number of oxazole rings is 1. The molecule has 1 N–H and O–H groups in total. The summed E-state index contributed by atoms with van der Waals surface area (Å²) in [6.45, 7) is 6.50. The molecular formula is C11H18N2O3S. The van der Waals surface area contributed by atoms with Crippen molar-refractivity contribution in [2.24, 2.45) is 0 Å². The van der Waals surface area contributed by atoms with Crippen molar-refractivity contribution in [3.63, 3.8) is 0 Å². The first-order valence-corrected chi connectivity index (χ1v) is 7.50. The number of hydrogen-bond donors (Lipinski definition) is 1. The summed E-state index contributed by atoms with van der Waals surface area (Å²) in [6.07, 6.45) is 1.55. The van der Waals surface area contributed by atoms with Gasteiger partial charge in [0.1, 0.15) is 6.26 Å². The van der Waals surface area contributed by atoms with Crippen LogP contribution in [0.5, 0.6) is 0 Å². The monoisotopic (exact) mass is 258 g/mol. The molecule has 0 aromatic carbocycles. The van der Waals surface area contributed by atoms with Gasteiger partial charge in [-0.3, -0.25) is 0 Å². The molecule has 17 heavy (non-hydrogen) atoms. The van der Waals surface area contributed by atoms with Gasteiger partial charge in [0.05, 0.1) is 23.2 Å². The molecule has 2 rings (SSSR count). The van der Waals surface area contributed by atoms with E-state index in [1.807, 2.05) is 20.8 Å². The number of nitrogens with zero attached hydrogens (tertiary/aromatic N) is 1. The van der Waals surface area contributed by atoms with Gasteiger partial charge in [0.2, 0.25) is 0 Å². The standard InChI is InChI=1S/C11H18N2O3S/c1-11(2,3)10-13-8(6-16-10)9-7-17(14,15)5-4-12-9/h6,9,12H,4-5,7H2,1-3H3. The lowest BCUT2D eigenvalue weighted by molar-refractivity contribution is 0.392. The molecule has 1 fully saturated rings. The molecule has 0 amide bonds. The van der Waals surface area contributed by atoms with E-state index in [4.69, 9.17) is 4.42 Å². The van der Waals surface area contributed by atoms with E-state index >= 15 is 0 Å². The summed E-state index contributed by atoms with van der Waals surface area (Å²) < 4.78 is 28.5. The maximum atomic E-state index is 11.5. The largest absolute Gasteiger partial charge is 0.448 e. The molecule has 0 radical (unpaired) electrons. The highest BCUT2D eigenvalue weighted by Gasteiger charge is 2.29. The van der Waals surface area contributed by atoms with Gasteiger partial charge in [-0.25, -0.2) is 13.4 Å². The van der Waals surface area contributed by atoms with E-state index in [0.717, 1.165) is 0 Å². The van der Waals surface area contributed by atoms with E-state index in [1.54, 1.807) is 6.26 Å². The van der Waals surface area contributed by atoms with Crippen molar-refractivity contribution in [3.05, 3.63) is 17.8 Å². The van der Waals surface area contributed by atoms with Crippen molar-refractivity contribution in [1.82, 2.24) is 10.3 Å². The lowest BCUT2D eigenvalue weighted by Gasteiger charge is -2.21. The van der Waals surface area contributed by atoms with Crippen LogP contribution in [0, 0.1) is 0 Å². The topological polar surface area (TPSA) is 72.2 Å². The van der Waals surface area contributed by atoms with E-state index in [-0.39, 0.29) is 23.0 Å². The predicted molar refractivity (Wildman–Crippen MR) is 64.6 cm³/mol. The van der Waals surface area contributed by atoms with Crippen LogP contribution in [-0.2, 0) is 15.3 Å². The van der Waals surface area contributed by atoms with Gasteiger partial charge in [-0.05, 0) is 0 Å². The van der Waals surface area contributed by atoms with Gasteiger partial charge in [0.15, 0.2) is 15.7 Å². The molecule has 0 saturated carbocycles. The molecular weight excluding hydrogens is 240 g/mol. The van der Waals surface area contributed by atoms with Gasteiger partial charge in [-0.2, -0.15) is 0 Å². The Balaban J connectivity index is 2.21. The van der Waals surface area contributed by atoms with Gasteiger partial charge < -0.3 is 9.73 Å². The minimum atomic E-state index is -2.95. The Bertz CT molecular complexity index is 499. The highest BCUT2D eigenvalue weighted by molar-refractivity contribution is 7.91. The zero-order valence-electron chi connectivity index (χ0n) is 10.4. The maximum absolute atomic E-state index is 11.5. The quantitative estimate of drug-likeness (QED) is 0.814. The Morgan fingerprint density at radius 3 is 2.71 bits per heavy atom. The molecule has 1 aliphatic rings. The highest BCUT2D eigenvalue weighted by atomic mass is 32.2. The summed E-state index contributed by atoms with van der Waals surface area (Å²) in [5.41, 5.74) is 0.518. The molecule has 6 heteroatoms. The van der Waals surface area contributed by atoms with Crippen LogP contribution >= 0.6 is 0 Å². The third kappa shape index (κ3) is 2.87. The minimum absolute atomic E-state index is 0.100. The number of hydrogen-bond acceptors (Lipinski definition) is 5. The van der Waals surface area contributed by atoms with Gasteiger partial charge in [0.25, 0.3) is 0 Å². The van der Waals surface area contributed by atoms with Crippen LogP contribution in [0.3, 0.4) is 0 Å². The Morgan fingerprint density at radius 1 is 1.47 bits per heavy atom. The van der Waals surface area contributed by atoms with Crippen molar-refractivity contribution in [3.8, 4) is 0 Å². The fourth-order valence-corrected chi connectivity index (χ4v) is 3.16. The average molecular weight is 258 g/mol. The maximum Gasteiger partial charge on any atom is 0.199 e. The fourth-order valence-electron chi connectivity index (χ4n) is 1.77. The Morgan fingerprint density at radius 2 is 2.18 bits per heavy atom. The van der Waals surface area contributed by atoms with E-state index in [1.165, 1.54) is 0 Å². The number of nitrogens with one attached hydrogen (secondary N) is 1. The van der Waals surface area contributed by atoms with Gasteiger partial charge in [-0.15, -0.1) is 0 Å². The van der Waals surface area contributed by atoms with Gasteiger partial charge in [0, 0.05) is 12.0 Å². The van der Waals surface area contributed by atoms with Crippen LogP contribution in [-0.4, -0.2) is 31.5 Å². The van der Waals surface area contributed by atoms with Crippen LogP contribution < -0.4 is 5.32 Å². The lowest BCUT2D eigenvalue weighted by atomic mass is 9.97. The second kappa shape index (κ2) is 4.10. The van der Waals surface area contributed by atoms with E-state index in [0.29, 0.717) is 18.1 Å². The lowest BCUT2D eigenvalue weighted by Crippen LogP contribution is -2.39. The average Bonchev–Trinajstić information content (AvgIpc) is 2.63. The van der Waals surface area contributed by atoms with E-state index in [9.17, 15) is 8.42 Å². The smallest absolute Gasteiger partial charge is 0.199 e. The highest BCUT2D eigenvalue weighted by Crippen LogP contribution is 2.24. The van der Waals surface area contributed by atoms with Crippen molar-refractivity contribution in [2.75, 3.05) is 18.1 Å². The summed E-state index contributed by atoms with van der Waals surface area (Å²) >= 11 is 0. The molecule has 1 aromatic rings. The summed E-state index contributed by atoms with van der Waals surface area (Å²) in [5, 5.41) is 3.15. The zero-order chi connectivity index (χ0) is 12.7. The summed E-state index contributed by atoms with van der Waals surface area (Å²) in [5.74, 6) is 0.939.